The fourth-order valence-corrected chi connectivity index (χ4v) is 3.56. The molecule has 0 amide bonds. The number of hydrogen-bond donors (Lipinski definition) is 1. The Morgan fingerprint density at radius 3 is 2.96 bits per heavy atom. The molecule has 9 heteroatoms. The molecule has 0 radical (unpaired) electrons. The van der Waals surface area contributed by atoms with Gasteiger partial charge in [0.25, 0.3) is 0 Å². The first kappa shape index (κ1) is 16.7. The average Bonchev–Trinajstić information content (AvgIpc) is 3.01. The molecule has 1 aliphatic heterocycles. The molecule has 1 N–H and O–H groups in total. The van der Waals surface area contributed by atoms with Crippen LogP contribution in [0.4, 0.5) is 10.1 Å². The van der Waals surface area contributed by atoms with Gasteiger partial charge >= 0.3 is 5.69 Å². The molecule has 142 valence electrons. The second-order valence-electron chi connectivity index (χ2n) is 6.90. The molecule has 5 rings (SSSR count). The smallest absolute Gasteiger partial charge is 0.333 e. The first-order chi connectivity index (χ1) is 13.5. The van der Waals surface area contributed by atoms with E-state index in [0.29, 0.717) is 34.5 Å². The lowest BCUT2D eigenvalue weighted by molar-refractivity contribution is 0.215. The van der Waals surface area contributed by atoms with Crippen LogP contribution >= 0.6 is 0 Å². The lowest BCUT2D eigenvalue weighted by Crippen LogP contribution is -2.26. The normalized spacial score (nSPS) is 16.8. The van der Waals surface area contributed by atoms with E-state index in [2.05, 4.69) is 19.9 Å². The molecule has 5 heterocycles. The van der Waals surface area contributed by atoms with E-state index in [-0.39, 0.29) is 11.9 Å². The van der Waals surface area contributed by atoms with Crippen LogP contribution in [0, 0.1) is 5.82 Å². The molecule has 0 spiro atoms. The Labute approximate surface area is 158 Å². The number of aromatic nitrogens is 5. The molecule has 8 nitrogen and oxygen atoms in total. The highest BCUT2D eigenvalue weighted by atomic mass is 19.1. The summed E-state index contributed by atoms with van der Waals surface area (Å²) < 4.78 is 22.2. The molecule has 0 unspecified atom stereocenters. The number of nitrogens with zero attached hydrogens (tertiary/aromatic N) is 5. The third-order valence-electron chi connectivity index (χ3n) is 4.99. The van der Waals surface area contributed by atoms with E-state index in [0.717, 1.165) is 12.1 Å². The molecular weight excluding hydrogens is 363 g/mol. The Kier molecular flexibility index (Phi) is 3.58. The van der Waals surface area contributed by atoms with Gasteiger partial charge in [-0.25, -0.2) is 23.7 Å². The van der Waals surface area contributed by atoms with Crippen molar-refractivity contribution in [3.63, 3.8) is 0 Å². The Morgan fingerprint density at radius 2 is 2.11 bits per heavy atom. The van der Waals surface area contributed by atoms with Crippen LogP contribution in [-0.2, 0) is 0 Å². The van der Waals surface area contributed by atoms with Crippen molar-refractivity contribution < 1.29 is 9.13 Å². The Bertz CT molecular complexity index is 1280. The number of H-pyrrole nitrogens is 1. The van der Waals surface area contributed by atoms with Crippen LogP contribution in [-0.4, -0.2) is 44.2 Å². The first-order valence-electron chi connectivity index (χ1n) is 8.96. The predicted octanol–water partition coefficient (Wildman–Crippen LogP) is 2.40. The third kappa shape index (κ3) is 2.43. The van der Waals surface area contributed by atoms with E-state index in [1.807, 2.05) is 24.9 Å². The van der Waals surface area contributed by atoms with Crippen molar-refractivity contribution in [2.45, 2.75) is 19.4 Å². The van der Waals surface area contributed by atoms with Crippen LogP contribution in [0.5, 0.6) is 5.75 Å². The maximum absolute atomic E-state index is 15.0. The van der Waals surface area contributed by atoms with Gasteiger partial charge in [-0.2, -0.15) is 0 Å². The Hall–Kier alpha value is -3.49. The molecule has 28 heavy (non-hydrogen) atoms. The number of halogens is 1. The van der Waals surface area contributed by atoms with Crippen LogP contribution in [0.3, 0.4) is 0 Å². The molecule has 1 atom stereocenters. The minimum atomic E-state index is -0.650. The number of rotatable bonds is 0. The van der Waals surface area contributed by atoms with Crippen LogP contribution < -0.4 is 15.3 Å². The summed E-state index contributed by atoms with van der Waals surface area (Å²) in [5.41, 5.74) is 1.92. The quantitative estimate of drug-likeness (QED) is 0.504. The minimum absolute atomic E-state index is 0.113. The van der Waals surface area contributed by atoms with E-state index in [9.17, 15) is 9.18 Å². The van der Waals surface area contributed by atoms with E-state index in [1.165, 1.54) is 10.6 Å². The fraction of sp³-hybridized carbons (Fsp3) is 0.263. The Balaban J connectivity index is 1.93. The molecule has 0 fully saturated rings. The highest BCUT2D eigenvalue weighted by Gasteiger charge is 2.22. The molecule has 0 aliphatic carbocycles. The van der Waals surface area contributed by atoms with Gasteiger partial charge < -0.3 is 9.64 Å². The van der Waals surface area contributed by atoms with Gasteiger partial charge in [-0.15, -0.1) is 0 Å². The number of anilines is 1. The summed E-state index contributed by atoms with van der Waals surface area (Å²) in [7, 11) is 1.94. The van der Waals surface area contributed by atoms with Gasteiger partial charge in [-0.1, -0.05) is 0 Å². The van der Waals surface area contributed by atoms with Crippen LogP contribution in [0.1, 0.15) is 13.3 Å². The van der Waals surface area contributed by atoms with Crippen molar-refractivity contribution >= 4 is 27.9 Å². The summed E-state index contributed by atoms with van der Waals surface area (Å²) in [6.45, 7) is 2.67. The third-order valence-corrected chi connectivity index (χ3v) is 4.99. The zero-order chi connectivity index (χ0) is 19.4. The van der Waals surface area contributed by atoms with Crippen molar-refractivity contribution in [2.75, 3.05) is 18.5 Å². The monoisotopic (exact) mass is 380 g/mol. The lowest BCUT2D eigenvalue weighted by atomic mass is 10.2. The predicted molar refractivity (Wildman–Crippen MR) is 103 cm³/mol. The number of pyridine rings is 3. The second-order valence-corrected chi connectivity index (χ2v) is 6.90. The number of imidazole rings is 1. The van der Waals surface area contributed by atoms with Gasteiger partial charge in [-0.3, -0.25) is 9.97 Å². The molecular formula is C19H17FN6O2. The number of fused-ring (bicyclic) bond motifs is 2. The van der Waals surface area contributed by atoms with Gasteiger partial charge in [0, 0.05) is 44.5 Å². The highest BCUT2D eigenvalue weighted by molar-refractivity contribution is 5.89. The summed E-state index contributed by atoms with van der Waals surface area (Å²) in [6, 6.07) is 4.80. The van der Waals surface area contributed by atoms with Crippen molar-refractivity contribution in [1.82, 2.24) is 24.5 Å². The number of nitrogens with one attached hydrogen (secondary N) is 1. The summed E-state index contributed by atoms with van der Waals surface area (Å²) >= 11 is 0. The second kappa shape index (κ2) is 6.01. The van der Waals surface area contributed by atoms with Gasteiger partial charge in [0.05, 0.1) is 17.3 Å². The van der Waals surface area contributed by atoms with Crippen LogP contribution in [0.2, 0.25) is 0 Å². The summed E-state index contributed by atoms with van der Waals surface area (Å²) in [5.74, 6) is -0.313. The molecule has 0 saturated carbocycles. The van der Waals surface area contributed by atoms with Crippen LogP contribution in [0.15, 0.2) is 35.4 Å². The van der Waals surface area contributed by atoms with Gasteiger partial charge in [0.2, 0.25) is 0 Å². The molecule has 4 aromatic heterocycles. The van der Waals surface area contributed by atoms with Crippen molar-refractivity contribution in [3.05, 3.63) is 46.9 Å². The SMILES string of the molecule is C[C@@H]1CCN(C)c2ccnc3cc(F)c(nc23)-n2c(=O)[nH]c3nccc(c32)O1. The molecule has 1 aliphatic rings. The van der Waals surface area contributed by atoms with Crippen molar-refractivity contribution in [2.24, 2.45) is 0 Å². The Morgan fingerprint density at radius 1 is 1.29 bits per heavy atom. The van der Waals surface area contributed by atoms with Gasteiger partial charge in [-0.05, 0) is 13.0 Å². The summed E-state index contributed by atoms with van der Waals surface area (Å²) in [6.07, 6.45) is 3.79. The average molecular weight is 380 g/mol. The maximum atomic E-state index is 15.0. The standard InChI is InChI=1S/C19H17FN6O2/c1-10-5-8-25(2)13-3-6-21-12-9-11(20)18(23-15(12)13)26-16-14(28-10)4-7-22-17(16)24-19(26)27/h3-4,6-7,9-10H,5,8H2,1-2H3,(H,22,24,27)/t10-/m1/s1. The summed E-state index contributed by atoms with van der Waals surface area (Å²) in [4.78, 5) is 30.3. The van der Waals surface area contributed by atoms with Crippen LogP contribution in [0.25, 0.3) is 28.0 Å². The first-order valence-corrected chi connectivity index (χ1v) is 8.96. The number of hydrogen-bond acceptors (Lipinski definition) is 6. The molecule has 2 bridgehead atoms. The highest BCUT2D eigenvalue weighted by Crippen LogP contribution is 2.30. The summed E-state index contributed by atoms with van der Waals surface area (Å²) in [5, 5.41) is 0. The number of ether oxygens (including phenoxy) is 1. The molecule has 0 aromatic carbocycles. The molecule has 4 aromatic rings. The van der Waals surface area contributed by atoms with Crippen molar-refractivity contribution in [1.29, 1.82) is 0 Å². The topological polar surface area (TPSA) is 88.9 Å². The zero-order valence-corrected chi connectivity index (χ0v) is 15.3. The zero-order valence-electron chi connectivity index (χ0n) is 15.3. The maximum Gasteiger partial charge on any atom is 0.333 e. The van der Waals surface area contributed by atoms with E-state index in [4.69, 9.17) is 4.74 Å². The number of aromatic amines is 1. The van der Waals surface area contributed by atoms with E-state index >= 15 is 0 Å². The van der Waals surface area contributed by atoms with Gasteiger partial charge in [0.1, 0.15) is 16.8 Å². The lowest BCUT2D eigenvalue weighted by Gasteiger charge is -2.24. The van der Waals surface area contributed by atoms with E-state index in [1.54, 1.807) is 18.5 Å². The van der Waals surface area contributed by atoms with E-state index < -0.39 is 11.5 Å². The largest absolute Gasteiger partial charge is 0.488 e. The minimum Gasteiger partial charge on any atom is -0.488 e. The van der Waals surface area contributed by atoms with Gasteiger partial charge in [0.15, 0.2) is 17.3 Å². The molecule has 0 saturated heterocycles. The fourth-order valence-electron chi connectivity index (χ4n) is 3.56. The van der Waals surface area contributed by atoms with Crippen molar-refractivity contribution in [3.8, 4) is 11.6 Å².